The molecular weight excluding hydrogens is 192 g/mol. The second kappa shape index (κ2) is 5.36. The van der Waals surface area contributed by atoms with E-state index in [1.54, 1.807) is 14.2 Å². The van der Waals surface area contributed by atoms with Crippen LogP contribution in [-0.2, 0) is 4.79 Å². The van der Waals surface area contributed by atoms with Gasteiger partial charge in [0.15, 0.2) is 0 Å². The van der Waals surface area contributed by atoms with Crippen molar-refractivity contribution in [3.63, 3.8) is 0 Å². The van der Waals surface area contributed by atoms with Crippen LogP contribution in [0.25, 0.3) is 0 Å². The number of hydrogen-bond acceptors (Lipinski definition) is 3. The van der Waals surface area contributed by atoms with E-state index in [0.717, 1.165) is 11.3 Å². The van der Waals surface area contributed by atoms with Crippen LogP contribution in [0.4, 0.5) is 0 Å². The van der Waals surface area contributed by atoms with Crippen LogP contribution in [0.3, 0.4) is 0 Å². The number of amides is 1. The van der Waals surface area contributed by atoms with Gasteiger partial charge in [0.2, 0.25) is 5.91 Å². The largest absolute Gasteiger partial charge is 0.497 e. The van der Waals surface area contributed by atoms with Crippen LogP contribution in [0.5, 0.6) is 5.75 Å². The van der Waals surface area contributed by atoms with Gasteiger partial charge in [-0.15, -0.1) is 0 Å². The Morgan fingerprint density at radius 2 is 2.07 bits per heavy atom. The quantitative estimate of drug-likeness (QED) is 0.756. The van der Waals surface area contributed by atoms with Crippen LogP contribution in [0.2, 0.25) is 0 Å². The highest BCUT2D eigenvalue weighted by atomic mass is 16.5. The number of nitrogens with one attached hydrogen (secondary N) is 1. The van der Waals surface area contributed by atoms with Gasteiger partial charge >= 0.3 is 0 Å². The Bertz CT molecular complexity index is 322. The van der Waals surface area contributed by atoms with Gasteiger partial charge in [-0.1, -0.05) is 12.1 Å². The van der Waals surface area contributed by atoms with Crippen LogP contribution in [-0.4, -0.2) is 26.6 Å². The molecule has 3 N–H and O–H groups in total. The third-order valence-corrected chi connectivity index (χ3v) is 2.32. The van der Waals surface area contributed by atoms with Crippen molar-refractivity contribution in [1.29, 1.82) is 0 Å². The van der Waals surface area contributed by atoms with Gasteiger partial charge in [-0.3, -0.25) is 4.79 Å². The maximum Gasteiger partial charge on any atom is 0.228 e. The Labute approximate surface area is 89.4 Å². The molecule has 0 aliphatic carbocycles. The van der Waals surface area contributed by atoms with Crippen molar-refractivity contribution >= 4 is 5.91 Å². The lowest BCUT2D eigenvalue weighted by molar-refractivity contribution is -0.121. The van der Waals surface area contributed by atoms with Crippen molar-refractivity contribution in [3.05, 3.63) is 29.8 Å². The third-order valence-electron chi connectivity index (χ3n) is 2.32. The molecule has 82 valence electrons. The molecule has 1 atom stereocenters. The average molecular weight is 208 g/mol. The Hall–Kier alpha value is -1.55. The summed E-state index contributed by atoms with van der Waals surface area (Å²) in [7, 11) is 3.21. The van der Waals surface area contributed by atoms with Gasteiger partial charge in [0.05, 0.1) is 13.0 Å². The molecule has 1 amide bonds. The second-order valence-corrected chi connectivity index (χ2v) is 3.18. The van der Waals surface area contributed by atoms with E-state index in [-0.39, 0.29) is 11.8 Å². The molecule has 0 aliphatic rings. The summed E-state index contributed by atoms with van der Waals surface area (Å²) in [5.41, 5.74) is 6.46. The Balaban J connectivity index is 2.87. The molecule has 0 radical (unpaired) electrons. The number of hydrogen-bond donors (Lipinski definition) is 2. The molecule has 1 rings (SSSR count). The molecule has 0 saturated heterocycles. The van der Waals surface area contributed by atoms with E-state index >= 15 is 0 Å². The first kappa shape index (κ1) is 11.5. The van der Waals surface area contributed by atoms with Gasteiger partial charge in [0.1, 0.15) is 5.75 Å². The van der Waals surface area contributed by atoms with E-state index in [0.29, 0.717) is 6.54 Å². The Kier molecular flexibility index (Phi) is 4.12. The highest BCUT2D eigenvalue weighted by Crippen LogP contribution is 2.18. The van der Waals surface area contributed by atoms with E-state index in [1.165, 1.54) is 0 Å². The fraction of sp³-hybridized carbons (Fsp3) is 0.364. The summed E-state index contributed by atoms with van der Waals surface area (Å²) < 4.78 is 5.04. The first-order valence-corrected chi connectivity index (χ1v) is 4.78. The summed E-state index contributed by atoms with van der Waals surface area (Å²) in [5.74, 6) is 0.412. The molecule has 0 aromatic heterocycles. The number of benzene rings is 1. The van der Waals surface area contributed by atoms with E-state index in [9.17, 15) is 4.79 Å². The van der Waals surface area contributed by atoms with Crippen LogP contribution in [0.1, 0.15) is 11.5 Å². The number of methoxy groups -OCH3 is 1. The fourth-order valence-corrected chi connectivity index (χ4v) is 1.40. The lowest BCUT2D eigenvalue weighted by Crippen LogP contribution is -2.30. The molecular formula is C11H16N2O2. The SMILES string of the molecule is CNC(=O)C(CN)c1ccc(OC)cc1. The minimum absolute atomic E-state index is 0.0670. The van der Waals surface area contributed by atoms with Crippen molar-refractivity contribution < 1.29 is 9.53 Å². The topological polar surface area (TPSA) is 64.4 Å². The summed E-state index contributed by atoms with van der Waals surface area (Å²) >= 11 is 0. The van der Waals surface area contributed by atoms with E-state index in [1.807, 2.05) is 24.3 Å². The molecule has 0 heterocycles. The summed E-state index contributed by atoms with van der Waals surface area (Å²) in [6.45, 7) is 0.298. The second-order valence-electron chi connectivity index (χ2n) is 3.18. The number of carbonyl (C=O) groups excluding carboxylic acids is 1. The maximum atomic E-state index is 11.5. The summed E-state index contributed by atoms with van der Waals surface area (Å²) in [6, 6.07) is 7.35. The molecule has 1 aromatic rings. The normalized spacial score (nSPS) is 11.9. The lowest BCUT2D eigenvalue weighted by Gasteiger charge is -2.13. The molecule has 0 bridgehead atoms. The predicted molar refractivity (Wildman–Crippen MR) is 58.9 cm³/mol. The first-order chi connectivity index (χ1) is 7.22. The zero-order valence-electron chi connectivity index (χ0n) is 8.99. The molecule has 1 unspecified atom stereocenters. The minimum Gasteiger partial charge on any atom is -0.497 e. The summed E-state index contributed by atoms with van der Waals surface area (Å²) in [5, 5.41) is 2.59. The average Bonchev–Trinajstić information content (AvgIpc) is 2.30. The van der Waals surface area contributed by atoms with Gasteiger partial charge < -0.3 is 15.8 Å². The van der Waals surface area contributed by atoms with Crippen LogP contribution in [0, 0.1) is 0 Å². The van der Waals surface area contributed by atoms with E-state index < -0.39 is 0 Å². The van der Waals surface area contributed by atoms with Gasteiger partial charge in [-0.2, -0.15) is 0 Å². The third kappa shape index (κ3) is 2.70. The molecule has 4 heteroatoms. The first-order valence-electron chi connectivity index (χ1n) is 4.78. The Morgan fingerprint density at radius 3 is 2.47 bits per heavy atom. The molecule has 0 fully saturated rings. The van der Waals surface area contributed by atoms with Crippen LogP contribution < -0.4 is 15.8 Å². The van der Waals surface area contributed by atoms with Crippen molar-refractivity contribution in [2.45, 2.75) is 5.92 Å². The van der Waals surface area contributed by atoms with Gasteiger partial charge in [0.25, 0.3) is 0 Å². The smallest absolute Gasteiger partial charge is 0.228 e. The highest BCUT2D eigenvalue weighted by molar-refractivity contribution is 5.83. The number of carbonyl (C=O) groups is 1. The summed E-state index contributed by atoms with van der Waals surface area (Å²) in [6.07, 6.45) is 0. The molecule has 0 aliphatic heterocycles. The minimum atomic E-state index is -0.291. The van der Waals surface area contributed by atoms with Gasteiger partial charge in [-0.25, -0.2) is 0 Å². The Morgan fingerprint density at radius 1 is 1.47 bits per heavy atom. The molecule has 0 saturated carbocycles. The number of rotatable bonds is 4. The zero-order valence-corrected chi connectivity index (χ0v) is 8.99. The van der Waals surface area contributed by atoms with Crippen molar-refractivity contribution in [1.82, 2.24) is 5.32 Å². The maximum absolute atomic E-state index is 11.5. The van der Waals surface area contributed by atoms with Crippen molar-refractivity contribution in [2.75, 3.05) is 20.7 Å². The number of nitrogens with two attached hydrogens (primary N) is 1. The summed E-state index contributed by atoms with van der Waals surface area (Å²) in [4.78, 5) is 11.5. The highest BCUT2D eigenvalue weighted by Gasteiger charge is 2.17. The van der Waals surface area contributed by atoms with Gasteiger partial charge in [0, 0.05) is 13.6 Å². The van der Waals surface area contributed by atoms with E-state index in [4.69, 9.17) is 10.5 Å². The fourth-order valence-electron chi connectivity index (χ4n) is 1.40. The molecule has 1 aromatic carbocycles. The van der Waals surface area contributed by atoms with Crippen molar-refractivity contribution in [3.8, 4) is 5.75 Å². The van der Waals surface area contributed by atoms with Gasteiger partial charge in [-0.05, 0) is 17.7 Å². The number of likely N-dealkylation sites (N-methyl/N-ethyl adjacent to an activating group) is 1. The lowest BCUT2D eigenvalue weighted by atomic mass is 9.98. The molecule has 15 heavy (non-hydrogen) atoms. The van der Waals surface area contributed by atoms with Crippen LogP contribution >= 0.6 is 0 Å². The predicted octanol–water partition coefficient (Wildman–Crippen LogP) is 0.484. The molecule has 4 nitrogen and oxygen atoms in total. The monoisotopic (exact) mass is 208 g/mol. The number of ether oxygens (including phenoxy) is 1. The van der Waals surface area contributed by atoms with Crippen molar-refractivity contribution in [2.24, 2.45) is 5.73 Å². The molecule has 0 spiro atoms. The standard InChI is InChI=1S/C11H16N2O2/c1-13-11(14)10(7-12)8-3-5-9(15-2)6-4-8/h3-6,10H,7,12H2,1-2H3,(H,13,14). The van der Waals surface area contributed by atoms with E-state index in [2.05, 4.69) is 5.32 Å². The zero-order chi connectivity index (χ0) is 11.3. The van der Waals surface area contributed by atoms with Crippen LogP contribution in [0.15, 0.2) is 24.3 Å².